The Morgan fingerprint density at radius 2 is 2.15 bits per heavy atom. The second-order valence-electron chi connectivity index (χ2n) is 5.30. The van der Waals surface area contributed by atoms with E-state index in [9.17, 15) is 0 Å². The Kier molecular flexibility index (Phi) is 5.24. The minimum absolute atomic E-state index is 0.631. The zero-order chi connectivity index (χ0) is 14.7. The van der Waals surface area contributed by atoms with Crippen LogP contribution >= 0.6 is 27.5 Å². The molecule has 0 saturated carbocycles. The maximum absolute atomic E-state index is 6.10. The van der Waals surface area contributed by atoms with Gasteiger partial charge in [0.05, 0.1) is 16.4 Å². The molecule has 5 heteroatoms. The minimum atomic E-state index is 0.631. The first kappa shape index (κ1) is 15.5. The molecule has 0 aliphatic heterocycles. The number of aromatic nitrogens is 2. The highest BCUT2D eigenvalue weighted by Gasteiger charge is 2.09. The molecule has 1 N–H and O–H groups in total. The fourth-order valence-electron chi connectivity index (χ4n) is 1.98. The lowest BCUT2D eigenvalue weighted by Gasteiger charge is -2.12. The van der Waals surface area contributed by atoms with E-state index in [2.05, 4.69) is 52.3 Å². The van der Waals surface area contributed by atoms with Gasteiger partial charge in [-0.25, -0.2) is 4.68 Å². The van der Waals surface area contributed by atoms with Crippen LogP contribution in [0.1, 0.15) is 25.1 Å². The van der Waals surface area contributed by atoms with Crippen LogP contribution in [0, 0.1) is 12.8 Å². The van der Waals surface area contributed by atoms with E-state index in [1.165, 1.54) is 5.56 Å². The van der Waals surface area contributed by atoms with E-state index in [1.807, 2.05) is 23.9 Å². The Hall–Kier alpha value is -0.840. The van der Waals surface area contributed by atoms with Gasteiger partial charge < -0.3 is 5.32 Å². The smallest absolute Gasteiger partial charge is 0.0819 e. The standard InChI is InChI=1S/C15H19BrClN3/c1-10(2)7-18-8-12-6-13(16)4-5-15(12)20-9-14(17)11(3)19-20/h4-6,9-10,18H,7-8H2,1-3H3. The summed E-state index contributed by atoms with van der Waals surface area (Å²) in [5, 5.41) is 8.61. The molecule has 20 heavy (non-hydrogen) atoms. The number of benzene rings is 1. The number of hydrogen-bond donors (Lipinski definition) is 1. The van der Waals surface area contributed by atoms with E-state index in [1.54, 1.807) is 0 Å². The summed E-state index contributed by atoms with van der Waals surface area (Å²) >= 11 is 9.63. The summed E-state index contributed by atoms with van der Waals surface area (Å²) < 4.78 is 2.91. The topological polar surface area (TPSA) is 29.9 Å². The molecule has 2 aromatic rings. The molecule has 0 aliphatic rings. The van der Waals surface area contributed by atoms with Gasteiger partial charge in [0.1, 0.15) is 0 Å². The second-order valence-corrected chi connectivity index (χ2v) is 6.63. The van der Waals surface area contributed by atoms with Gasteiger partial charge in [-0.05, 0) is 43.1 Å². The Morgan fingerprint density at radius 3 is 2.75 bits per heavy atom. The lowest BCUT2D eigenvalue weighted by atomic mass is 10.1. The number of halogens is 2. The van der Waals surface area contributed by atoms with Crippen LogP contribution in [0.15, 0.2) is 28.9 Å². The van der Waals surface area contributed by atoms with Crippen LogP contribution < -0.4 is 5.32 Å². The quantitative estimate of drug-likeness (QED) is 0.863. The van der Waals surface area contributed by atoms with Crippen molar-refractivity contribution in [3.05, 3.63) is 45.1 Å². The van der Waals surface area contributed by atoms with Gasteiger partial charge in [-0.15, -0.1) is 0 Å². The predicted octanol–water partition coefficient (Wildman–Crippen LogP) is 4.34. The van der Waals surface area contributed by atoms with Gasteiger partial charge in [0.15, 0.2) is 0 Å². The lowest BCUT2D eigenvalue weighted by molar-refractivity contribution is 0.551. The minimum Gasteiger partial charge on any atom is -0.312 e. The van der Waals surface area contributed by atoms with Crippen molar-refractivity contribution in [3.8, 4) is 5.69 Å². The Morgan fingerprint density at radius 1 is 1.40 bits per heavy atom. The van der Waals surface area contributed by atoms with Crippen molar-refractivity contribution < 1.29 is 0 Å². The molecule has 0 saturated heterocycles. The number of aryl methyl sites for hydroxylation is 1. The number of nitrogens with one attached hydrogen (secondary N) is 1. The van der Waals surface area contributed by atoms with Crippen molar-refractivity contribution in [1.82, 2.24) is 15.1 Å². The van der Waals surface area contributed by atoms with Gasteiger partial charge in [0, 0.05) is 17.2 Å². The number of hydrogen-bond acceptors (Lipinski definition) is 2. The number of rotatable bonds is 5. The molecule has 0 atom stereocenters. The van der Waals surface area contributed by atoms with Crippen molar-refractivity contribution in [2.45, 2.75) is 27.3 Å². The highest BCUT2D eigenvalue weighted by atomic mass is 79.9. The van der Waals surface area contributed by atoms with E-state index in [0.717, 1.165) is 28.9 Å². The Labute approximate surface area is 133 Å². The number of nitrogens with zero attached hydrogens (tertiary/aromatic N) is 2. The van der Waals surface area contributed by atoms with Crippen LogP contribution in [0.4, 0.5) is 0 Å². The molecule has 0 unspecified atom stereocenters. The maximum Gasteiger partial charge on any atom is 0.0819 e. The fourth-order valence-corrected chi connectivity index (χ4v) is 2.52. The van der Waals surface area contributed by atoms with Gasteiger partial charge in [-0.2, -0.15) is 5.10 Å². The van der Waals surface area contributed by atoms with Crippen LogP contribution in [0.2, 0.25) is 5.02 Å². The van der Waals surface area contributed by atoms with E-state index >= 15 is 0 Å². The molecular formula is C15H19BrClN3. The Balaban J connectivity index is 2.27. The normalized spacial score (nSPS) is 11.3. The second kappa shape index (κ2) is 6.74. The SMILES string of the molecule is Cc1nn(-c2ccc(Br)cc2CNCC(C)C)cc1Cl. The molecule has 0 amide bonds. The van der Waals surface area contributed by atoms with Crippen molar-refractivity contribution >= 4 is 27.5 Å². The molecule has 1 aromatic carbocycles. The summed E-state index contributed by atoms with van der Waals surface area (Å²) in [5.41, 5.74) is 3.09. The van der Waals surface area contributed by atoms with Crippen molar-refractivity contribution in [1.29, 1.82) is 0 Å². The summed E-state index contributed by atoms with van der Waals surface area (Å²) in [6, 6.07) is 6.19. The molecule has 0 spiro atoms. The van der Waals surface area contributed by atoms with Gasteiger partial charge in [-0.1, -0.05) is 41.4 Å². The fraction of sp³-hybridized carbons (Fsp3) is 0.400. The van der Waals surface area contributed by atoms with Gasteiger partial charge in [0.25, 0.3) is 0 Å². The van der Waals surface area contributed by atoms with Gasteiger partial charge in [0.2, 0.25) is 0 Å². The van der Waals surface area contributed by atoms with Crippen molar-refractivity contribution in [2.75, 3.05) is 6.54 Å². The Bertz CT molecular complexity index is 573. The summed E-state index contributed by atoms with van der Waals surface area (Å²) in [4.78, 5) is 0. The lowest BCUT2D eigenvalue weighted by Crippen LogP contribution is -2.20. The summed E-state index contributed by atoms with van der Waals surface area (Å²) in [5.74, 6) is 0.631. The first-order valence-electron chi connectivity index (χ1n) is 6.68. The molecule has 3 nitrogen and oxygen atoms in total. The van der Waals surface area contributed by atoms with Crippen molar-refractivity contribution in [2.24, 2.45) is 5.92 Å². The largest absolute Gasteiger partial charge is 0.312 e. The maximum atomic E-state index is 6.10. The van der Waals surface area contributed by atoms with Crippen LogP contribution in [-0.2, 0) is 6.54 Å². The van der Waals surface area contributed by atoms with E-state index in [4.69, 9.17) is 11.6 Å². The molecule has 1 heterocycles. The molecule has 0 aliphatic carbocycles. The average Bonchev–Trinajstić information content (AvgIpc) is 2.69. The van der Waals surface area contributed by atoms with Crippen LogP contribution in [0.3, 0.4) is 0 Å². The van der Waals surface area contributed by atoms with Crippen LogP contribution in [0.25, 0.3) is 5.69 Å². The third-order valence-electron chi connectivity index (χ3n) is 3.00. The van der Waals surface area contributed by atoms with Crippen LogP contribution in [0.5, 0.6) is 0 Å². The highest BCUT2D eigenvalue weighted by molar-refractivity contribution is 9.10. The van der Waals surface area contributed by atoms with Gasteiger partial charge in [-0.3, -0.25) is 0 Å². The summed E-state index contributed by atoms with van der Waals surface area (Å²) in [6.45, 7) is 8.11. The van der Waals surface area contributed by atoms with Gasteiger partial charge >= 0.3 is 0 Å². The third kappa shape index (κ3) is 3.84. The molecule has 108 valence electrons. The van der Waals surface area contributed by atoms with E-state index in [-0.39, 0.29) is 0 Å². The van der Waals surface area contributed by atoms with Crippen LogP contribution in [-0.4, -0.2) is 16.3 Å². The molecule has 0 radical (unpaired) electrons. The van der Waals surface area contributed by atoms with E-state index < -0.39 is 0 Å². The summed E-state index contributed by atoms with van der Waals surface area (Å²) in [6.07, 6.45) is 1.85. The molecule has 2 rings (SSSR count). The average molecular weight is 357 g/mol. The zero-order valence-electron chi connectivity index (χ0n) is 12.0. The molecular weight excluding hydrogens is 338 g/mol. The molecule has 1 aromatic heterocycles. The van der Waals surface area contributed by atoms with E-state index in [0.29, 0.717) is 10.9 Å². The zero-order valence-corrected chi connectivity index (χ0v) is 14.3. The molecule has 0 fully saturated rings. The van der Waals surface area contributed by atoms with Crippen molar-refractivity contribution in [3.63, 3.8) is 0 Å². The predicted molar refractivity (Wildman–Crippen MR) is 87.6 cm³/mol. The molecule has 0 bridgehead atoms. The third-order valence-corrected chi connectivity index (χ3v) is 3.86. The monoisotopic (exact) mass is 355 g/mol. The first-order chi connectivity index (χ1) is 9.47. The first-order valence-corrected chi connectivity index (χ1v) is 7.85. The summed E-state index contributed by atoms with van der Waals surface area (Å²) in [7, 11) is 0. The highest BCUT2D eigenvalue weighted by Crippen LogP contribution is 2.22.